The van der Waals surface area contributed by atoms with Crippen molar-refractivity contribution < 1.29 is 14.3 Å². The van der Waals surface area contributed by atoms with Gasteiger partial charge in [0, 0.05) is 19.6 Å². The number of carbonyl (C=O) groups is 1. The molecular formula is C13H20N2O3. The van der Waals surface area contributed by atoms with Crippen LogP contribution >= 0.6 is 0 Å². The van der Waals surface area contributed by atoms with Crippen molar-refractivity contribution >= 4 is 5.91 Å². The number of benzene rings is 1. The largest absolute Gasteiger partial charge is 0.497 e. The number of hydrogen-bond acceptors (Lipinski definition) is 4. The highest BCUT2D eigenvalue weighted by Crippen LogP contribution is 2.24. The first-order valence-corrected chi connectivity index (χ1v) is 5.72. The van der Waals surface area contributed by atoms with Crippen molar-refractivity contribution in [3.05, 3.63) is 23.8 Å². The molecule has 100 valence electrons. The topological polar surface area (TPSA) is 64.8 Å². The molecule has 0 aromatic heterocycles. The molecule has 2 N–H and O–H groups in total. The van der Waals surface area contributed by atoms with Gasteiger partial charge < -0.3 is 20.1 Å². The maximum Gasteiger partial charge on any atom is 0.257 e. The monoisotopic (exact) mass is 252 g/mol. The van der Waals surface area contributed by atoms with Crippen LogP contribution < -0.4 is 15.2 Å². The van der Waals surface area contributed by atoms with Gasteiger partial charge in [0.15, 0.2) is 0 Å². The molecule has 0 heterocycles. The Morgan fingerprint density at radius 1 is 1.39 bits per heavy atom. The molecular weight excluding hydrogens is 232 g/mol. The minimum absolute atomic E-state index is 0.0736. The van der Waals surface area contributed by atoms with Crippen LogP contribution in [0, 0.1) is 0 Å². The maximum atomic E-state index is 12.3. The van der Waals surface area contributed by atoms with Crippen LogP contribution in [-0.4, -0.2) is 44.7 Å². The molecule has 0 fully saturated rings. The standard InChI is InChI=1S/C13H20N2O3/c1-9(14)8-15(2)13(16)11-7-10(17-3)5-6-12(11)18-4/h5-7,9H,8,14H2,1-4H3. The van der Waals surface area contributed by atoms with E-state index in [0.717, 1.165) is 0 Å². The molecule has 1 unspecified atom stereocenters. The van der Waals surface area contributed by atoms with Gasteiger partial charge in [-0.05, 0) is 25.1 Å². The summed E-state index contributed by atoms with van der Waals surface area (Å²) in [5, 5.41) is 0. The highest BCUT2D eigenvalue weighted by Gasteiger charge is 2.18. The predicted molar refractivity (Wildman–Crippen MR) is 70.2 cm³/mol. The summed E-state index contributed by atoms with van der Waals surface area (Å²) in [6, 6.07) is 5.06. The van der Waals surface area contributed by atoms with Crippen LogP contribution in [0.4, 0.5) is 0 Å². The number of amides is 1. The molecule has 0 radical (unpaired) electrons. The molecule has 1 aromatic carbocycles. The second-order valence-electron chi connectivity index (χ2n) is 4.23. The van der Waals surface area contributed by atoms with Gasteiger partial charge in [-0.1, -0.05) is 0 Å². The summed E-state index contributed by atoms with van der Waals surface area (Å²) in [4.78, 5) is 13.8. The molecule has 5 heteroatoms. The van der Waals surface area contributed by atoms with Gasteiger partial charge >= 0.3 is 0 Å². The zero-order chi connectivity index (χ0) is 13.7. The van der Waals surface area contributed by atoms with E-state index in [9.17, 15) is 4.79 Å². The lowest BCUT2D eigenvalue weighted by Gasteiger charge is -2.20. The van der Waals surface area contributed by atoms with E-state index in [1.54, 1.807) is 37.3 Å². The Bertz CT molecular complexity index is 419. The van der Waals surface area contributed by atoms with Crippen molar-refractivity contribution in [3.63, 3.8) is 0 Å². The number of rotatable bonds is 5. The van der Waals surface area contributed by atoms with Crippen molar-refractivity contribution in [2.75, 3.05) is 27.8 Å². The highest BCUT2D eigenvalue weighted by atomic mass is 16.5. The Labute approximate surface area is 107 Å². The quantitative estimate of drug-likeness (QED) is 0.853. The van der Waals surface area contributed by atoms with E-state index in [1.807, 2.05) is 6.92 Å². The maximum absolute atomic E-state index is 12.3. The third kappa shape index (κ3) is 3.37. The second-order valence-corrected chi connectivity index (χ2v) is 4.23. The molecule has 1 aromatic rings. The molecule has 0 aliphatic carbocycles. The van der Waals surface area contributed by atoms with E-state index in [2.05, 4.69) is 0 Å². The average Bonchev–Trinajstić information content (AvgIpc) is 2.36. The molecule has 0 saturated heterocycles. The van der Waals surface area contributed by atoms with Gasteiger partial charge in [-0.25, -0.2) is 0 Å². The van der Waals surface area contributed by atoms with Crippen LogP contribution in [0.25, 0.3) is 0 Å². The van der Waals surface area contributed by atoms with Crippen LogP contribution in [-0.2, 0) is 0 Å². The lowest BCUT2D eigenvalue weighted by atomic mass is 10.1. The summed E-state index contributed by atoms with van der Waals surface area (Å²) in [5.41, 5.74) is 6.16. The van der Waals surface area contributed by atoms with Gasteiger partial charge in [0.05, 0.1) is 19.8 Å². The third-order valence-corrected chi connectivity index (χ3v) is 2.55. The molecule has 0 aliphatic heterocycles. The van der Waals surface area contributed by atoms with E-state index in [1.165, 1.54) is 7.11 Å². The van der Waals surface area contributed by atoms with Gasteiger partial charge in [-0.2, -0.15) is 0 Å². The number of ether oxygens (including phenoxy) is 2. The summed E-state index contributed by atoms with van der Waals surface area (Å²) in [6.45, 7) is 2.34. The molecule has 1 amide bonds. The van der Waals surface area contributed by atoms with Crippen molar-refractivity contribution in [2.45, 2.75) is 13.0 Å². The predicted octanol–water partition coefficient (Wildman–Crippen LogP) is 1.12. The Kier molecular flexibility index (Phi) is 4.97. The highest BCUT2D eigenvalue weighted by molar-refractivity contribution is 5.97. The minimum Gasteiger partial charge on any atom is -0.497 e. The number of hydrogen-bond donors (Lipinski definition) is 1. The van der Waals surface area contributed by atoms with Crippen molar-refractivity contribution in [3.8, 4) is 11.5 Å². The SMILES string of the molecule is COc1ccc(OC)c(C(=O)N(C)CC(C)N)c1. The summed E-state index contributed by atoms with van der Waals surface area (Å²) in [7, 11) is 4.80. The zero-order valence-electron chi connectivity index (χ0n) is 11.3. The first-order chi connectivity index (χ1) is 8.49. The second kappa shape index (κ2) is 6.26. The van der Waals surface area contributed by atoms with E-state index in [4.69, 9.17) is 15.2 Å². The molecule has 0 spiro atoms. The summed E-state index contributed by atoms with van der Waals surface area (Å²) in [6.07, 6.45) is 0. The van der Waals surface area contributed by atoms with E-state index in [0.29, 0.717) is 23.6 Å². The molecule has 0 aliphatic rings. The number of carbonyl (C=O) groups excluding carboxylic acids is 1. The number of likely N-dealkylation sites (N-methyl/N-ethyl adjacent to an activating group) is 1. The number of nitrogens with zero attached hydrogens (tertiary/aromatic N) is 1. The van der Waals surface area contributed by atoms with Crippen LogP contribution in [0.15, 0.2) is 18.2 Å². The summed E-state index contributed by atoms with van der Waals surface area (Å²) < 4.78 is 10.3. The third-order valence-electron chi connectivity index (χ3n) is 2.55. The molecule has 18 heavy (non-hydrogen) atoms. The van der Waals surface area contributed by atoms with Crippen LogP contribution in [0.3, 0.4) is 0 Å². The number of methoxy groups -OCH3 is 2. The molecule has 1 rings (SSSR count). The fraction of sp³-hybridized carbons (Fsp3) is 0.462. The molecule has 0 bridgehead atoms. The van der Waals surface area contributed by atoms with E-state index >= 15 is 0 Å². The van der Waals surface area contributed by atoms with Gasteiger partial charge in [0.2, 0.25) is 0 Å². The molecule has 0 saturated carbocycles. The first-order valence-electron chi connectivity index (χ1n) is 5.72. The lowest BCUT2D eigenvalue weighted by molar-refractivity contribution is 0.0785. The minimum atomic E-state index is -0.136. The lowest BCUT2D eigenvalue weighted by Crippen LogP contribution is -2.37. The number of nitrogens with two attached hydrogens (primary N) is 1. The molecule has 1 atom stereocenters. The van der Waals surface area contributed by atoms with Gasteiger partial charge in [-0.3, -0.25) is 4.79 Å². The Morgan fingerprint density at radius 2 is 2.06 bits per heavy atom. The summed E-state index contributed by atoms with van der Waals surface area (Å²) >= 11 is 0. The Hall–Kier alpha value is -1.75. The first kappa shape index (κ1) is 14.3. The van der Waals surface area contributed by atoms with E-state index < -0.39 is 0 Å². The smallest absolute Gasteiger partial charge is 0.257 e. The van der Waals surface area contributed by atoms with Crippen LogP contribution in [0.2, 0.25) is 0 Å². The van der Waals surface area contributed by atoms with E-state index in [-0.39, 0.29) is 11.9 Å². The van der Waals surface area contributed by atoms with Crippen molar-refractivity contribution in [2.24, 2.45) is 5.73 Å². The normalized spacial score (nSPS) is 11.8. The fourth-order valence-corrected chi connectivity index (χ4v) is 1.70. The summed E-state index contributed by atoms with van der Waals surface area (Å²) in [5.74, 6) is 1.01. The Balaban J connectivity index is 3.02. The van der Waals surface area contributed by atoms with Crippen LogP contribution in [0.5, 0.6) is 11.5 Å². The molecule has 5 nitrogen and oxygen atoms in total. The fourth-order valence-electron chi connectivity index (χ4n) is 1.70. The van der Waals surface area contributed by atoms with Gasteiger partial charge in [0.25, 0.3) is 5.91 Å². The Morgan fingerprint density at radius 3 is 2.56 bits per heavy atom. The van der Waals surface area contributed by atoms with Gasteiger partial charge in [0.1, 0.15) is 11.5 Å². The average molecular weight is 252 g/mol. The van der Waals surface area contributed by atoms with Crippen molar-refractivity contribution in [1.82, 2.24) is 4.90 Å². The zero-order valence-corrected chi connectivity index (χ0v) is 11.3. The van der Waals surface area contributed by atoms with Crippen LogP contribution in [0.1, 0.15) is 17.3 Å². The van der Waals surface area contributed by atoms with Gasteiger partial charge in [-0.15, -0.1) is 0 Å². The van der Waals surface area contributed by atoms with Crippen molar-refractivity contribution in [1.29, 1.82) is 0 Å².